The number of alkyl halides is 6. The molecule has 0 saturated heterocycles. The monoisotopic (exact) mass is 709 g/mol. The molecule has 4 nitrogen and oxygen atoms in total. The third-order valence-electron chi connectivity index (χ3n) is 2.70. The van der Waals surface area contributed by atoms with Crippen LogP contribution in [0, 0.1) is 0 Å². The molecule has 0 saturated carbocycles. The smallest absolute Gasteiger partial charge is 0.194 e. The third kappa shape index (κ3) is 6.12. The highest BCUT2D eigenvalue weighted by Crippen LogP contribution is 2.46. The Bertz CT molecular complexity index is 705. The molecule has 0 spiro atoms. The Morgan fingerprint density at radius 2 is 1.29 bits per heavy atom. The Balaban J connectivity index is 2.39. The molecule has 0 aliphatic carbocycles. The van der Waals surface area contributed by atoms with E-state index in [0.717, 1.165) is 11.3 Å². The highest BCUT2D eigenvalue weighted by molar-refractivity contribution is 9.39. The van der Waals surface area contributed by atoms with Crippen molar-refractivity contribution in [2.75, 3.05) is 7.11 Å². The summed E-state index contributed by atoms with van der Waals surface area (Å²) in [6.07, 6.45) is 3.73. The second-order valence-corrected chi connectivity index (χ2v) is 18.0. The molecule has 0 bridgehead atoms. The van der Waals surface area contributed by atoms with Crippen LogP contribution in [0.4, 0.5) is 0 Å². The van der Waals surface area contributed by atoms with E-state index in [4.69, 9.17) is 4.74 Å². The summed E-state index contributed by atoms with van der Waals surface area (Å²) in [5.74, 6) is 2.27. The van der Waals surface area contributed by atoms with Crippen LogP contribution in [0.3, 0.4) is 0 Å². The van der Waals surface area contributed by atoms with Crippen LogP contribution < -0.4 is 4.74 Å². The number of aromatic nitrogens is 3. The van der Waals surface area contributed by atoms with Crippen molar-refractivity contribution < 1.29 is 4.74 Å². The molecular weight excluding hydrogens is 706 g/mol. The van der Waals surface area contributed by atoms with E-state index in [1.165, 1.54) is 0 Å². The SMILES string of the molecule is COc1ccc(C=Cc2nc(C(Br)(Br)Br)nc(C(Br)(Br)Br)n2)cc1. The van der Waals surface area contributed by atoms with Crippen molar-refractivity contribution in [3.05, 3.63) is 47.3 Å². The summed E-state index contributed by atoms with van der Waals surface area (Å²) in [6.45, 7) is 0. The quantitative estimate of drug-likeness (QED) is 0.335. The van der Waals surface area contributed by atoms with Crippen LogP contribution in [0.5, 0.6) is 5.75 Å². The molecule has 0 unspecified atom stereocenters. The number of methoxy groups -OCH3 is 1. The predicted molar refractivity (Wildman–Crippen MR) is 119 cm³/mol. The van der Waals surface area contributed by atoms with Crippen LogP contribution in [-0.2, 0) is 4.29 Å². The van der Waals surface area contributed by atoms with E-state index in [1.54, 1.807) is 7.11 Å². The van der Waals surface area contributed by atoms with E-state index in [-0.39, 0.29) is 0 Å². The van der Waals surface area contributed by atoms with Crippen molar-refractivity contribution in [2.45, 2.75) is 4.29 Å². The lowest BCUT2D eigenvalue weighted by atomic mass is 10.2. The van der Waals surface area contributed by atoms with Crippen LogP contribution in [0.25, 0.3) is 12.2 Å². The fourth-order valence-electron chi connectivity index (χ4n) is 1.61. The van der Waals surface area contributed by atoms with Crippen LogP contribution in [0.2, 0.25) is 0 Å². The standard InChI is InChI=1S/C14H9Br6N3O/c1-24-9-5-2-8(3-6-9)4-7-10-21-11(13(15,16)17)23-12(22-10)14(18,19)20/h2-7H,1H3. The molecule has 1 aromatic carbocycles. The molecule has 0 radical (unpaired) electrons. The largest absolute Gasteiger partial charge is 0.497 e. The van der Waals surface area contributed by atoms with Gasteiger partial charge in [0.15, 0.2) is 21.8 Å². The predicted octanol–water partition coefficient (Wildman–Crippen LogP) is 6.64. The van der Waals surface area contributed by atoms with Gasteiger partial charge in [-0.3, -0.25) is 0 Å². The zero-order chi connectivity index (χ0) is 18.0. The summed E-state index contributed by atoms with van der Waals surface area (Å²) < 4.78 is 3.66. The minimum absolute atomic E-state index is 0.476. The molecule has 0 N–H and O–H groups in total. The maximum Gasteiger partial charge on any atom is 0.194 e. The molecule has 0 fully saturated rings. The first-order valence-electron chi connectivity index (χ1n) is 6.32. The molecule has 1 aromatic heterocycles. The highest BCUT2D eigenvalue weighted by atomic mass is 80.0. The van der Waals surface area contributed by atoms with Crippen molar-refractivity contribution in [1.29, 1.82) is 0 Å². The van der Waals surface area contributed by atoms with Crippen molar-refractivity contribution in [3.63, 3.8) is 0 Å². The minimum atomic E-state index is -0.744. The summed E-state index contributed by atoms with van der Waals surface area (Å²) in [6, 6.07) is 7.69. The zero-order valence-corrected chi connectivity index (χ0v) is 21.5. The number of hydrogen-bond donors (Lipinski definition) is 0. The second kappa shape index (κ2) is 8.56. The lowest BCUT2D eigenvalue weighted by molar-refractivity contribution is 0.415. The molecule has 128 valence electrons. The molecule has 2 aromatic rings. The van der Waals surface area contributed by atoms with Crippen LogP contribution in [0.1, 0.15) is 23.0 Å². The van der Waals surface area contributed by atoms with Crippen molar-refractivity contribution >= 4 is 108 Å². The highest BCUT2D eigenvalue weighted by Gasteiger charge is 2.31. The maximum absolute atomic E-state index is 5.15. The molecular formula is C14H9Br6N3O. The average Bonchev–Trinajstić information content (AvgIpc) is 2.51. The van der Waals surface area contributed by atoms with Crippen LogP contribution in [0.15, 0.2) is 24.3 Å². The van der Waals surface area contributed by atoms with Gasteiger partial charge in [-0.1, -0.05) is 114 Å². The van der Waals surface area contributed by atoms with Gasteiger partial charge in [-0.05, 0) is 23.8 Å². The summed E-state index contributed by atoms with van der Waals surface area (Å²) in [5, 5.41) is 0. The first kappa shape index (κ1) is 21.0. The Hall–Kier alpha value is 0.650. The Labute approximate surface area is 190 Å². The first-order valence-corrected chi connectivity index (χ1v) is 11.1. The molecule has 2 rings (SSSR count). The molecule has 1 heterocycles. The van der Waals surface area contributed by atoms with Gasteiger partial charge in [0, 0.05) is 0 Å². The Kier molecular flexibility index (Phi) is 7.47. The topological polar surface area (TPSA) is 47.9 Å². The van der Waals surface area contributed by atoms with E-state index >= 15 is 0 Å². The van der Waals surface area contributed by atoms with Crippen molar-refractivity contribution in [2.24, 2.45) is 0 Å². The van der Waals surface area contributed by atoms with Gasteiger partial charge in [0.05, 0.1) is 7.11 Å². The average molecular weight is 715 g/mol. The third-order valence-corrected chi connectivity index (χ3v) is 4.83. The first-order chi connectivity index (χ1) is 11.1. The van der Waals surface area contributed by atoms with Gasteiger partial charge < -0.3 is 4.74 Å². The molecule has 10 heteroatoms. The summed E-state index contributed by atoms with van der Waals surface area (Å²) in [4.78, 5) is 13.3. The lowest BCUT2D eigenvalue weighted by Crippen LogP contribution is -2.15. The Morgan fingerprint density at radius 1 is 0.792 bits per heavy atom. The van der Waals surface area contributed by atoms with Crippen LogP contribution in [-0.4, -0.2) is 22.1 Å². The van der Waals surface area contributed by atoms with E-state index in [2.05, 4.69) is 111 Å². The number of nitrogens with zero attached hydrogens (tertiary/aromatic N) is 3. The fourth-order valence-corrected chi connectivity index (χ4v) is 2.67. The molecule has 0 amide bonds. The number of halogens is 6. The van der Waals surface area contributed by atoms with E-state index in [0.29, 0.717) is 17.5 Å². The fraction of sp³-hybridized carbons (Fsp3) is 0.214. The van der Waals surface area contributed by atoms with Gasteiger partial charge in [-0.15, -0.1) is 0 Å². The molecule has 0 aliphatic heterocycles. The van der Waals surface area contributed by atoms with Gasteiger partial charge in [0.1, 0.15) is 5.75 Å². The van der Waals surface area contributed by atoms with Gasteiger partial charge >= 0.3 is 0 Å². The van der Waals surface area contributed by atoms with Crippen molar-refractivity contribution in [1.82, 2.24) is 15.0 Å². The molecule has 0 atom stereocenters. The maximum atomic E-state index is 5.15. The van der Waals surface area contributed by atoms with E-state index in [1.807, 2.05) is 36.4 Å². The number of rotatable bonds is 3. The summed E-state index contributed by atoms with van der Waals surface area (Å²) in [5.41, 5.74) is 1.00. The van der Waals surface area contributed by atoms with E-state index < -0.39 is 4.29 Å². The van der Waals surface area contributed by atoms with Crippen LogP contribution >= 0.6 is 95.6 Å². The van der Waals surface area contributed by atoms with Gasteiger partial charge in [-0.25, -0.2) is 15.0 Å². The van der Waals surface area contributed by atoms with Gasteiger partial charge in [0.2, 0.25) is 0 Å². The second-order valence-electron chi connectivity index (χ2n) is 4.44. The normalized spacial score (nSPS) is 12.6. The minimum Gasteiger partial charge on any atom is -0.497 e. The van der Waals surface area contributed by atoms with Gasteiger partial charge in [0.25, 0.3) is 0 Å². The van der Waals surface area contributed by atoms with Crippen molar-refractivity contribution in [3.8, 4) is 5.75 Å². The van der Waals surface area contributed by atoms with E-state index in [9.17, 15) is 0 Å². The summed E-state index contributed by atoms with van der Waals surface area (Å²) in [7, 11) is 1.64. The number of benzene rings is 1. The van der Waals surface area contributed by atoms with Gasteiger partial charge in [-0.2, -0.15) is 0 Å². The lowest BCUT2D eigenvalue weighted by Gasteiger charge is -2.16. The summed E-state index contributed by atoms with van der Waals surface area (Å²) >= 11 is 20.6. The number of hydrogen-bond acceptors (Lipinski definition) is 4. The zero-order valence-electron chi connectivity index (χ0n) is 12.0. The molecule has 0 aliphatic rings. The molecule has 24 heavy (non-hydrogen) atoms. The number of ether oxygens (including phenoxy) is 1. The Morgan fingerprint density at radius 3 is 1.71 bits per heavy atom.